The normalized spacial score (nSPS) is 11.1. The fourth-order valence-corrected chi connectivity index (χ4v) is 3.21. The molecule has 0 saturated carbocycles. The number of aryl methyl sites for hydroxylation is 1. The number of nitrogens with zero attached hydrogens (tertiary/aromatic N) is 2. The maximum atomic E-state index is 12.4. The van der Waals surface area contributed by atoms with Gasteiger partial charge < -0.3 is 10.5 Å². The van der Waals surface area contributed by atoms with Crippen molar-refractivity contribution in [2.24, 2.45) is 12.8 Å². The number of anilines is 1. The first kappa shape index (κ1) is 15.3. The molecule has 0 unspecified atom stereocenters. The quantitative estimate of drug-likeness (QED) is 0.791. The first-order chi connectivity index (χ1) is 9.86. The fraction of sp³-hybridized carbons (Fsp3) is 0.167. The van der Waals surface area contributed by atoms with Crippen LogP contribution in [0.2, 0.25) is 0 Å². The zero-order valence-corrected chi connectivity index (χ0v) is 13.0. The molecule has 0 spiro atoms. The van der Waals surface area contributed by atoms with Gasteiger partial charge in [-0.25, -0.2) is 0 Å². The van der Waals surface area contributed by atoms with Crippen LogP contribution in [0.1, 0.15) is 5.56 Å². The fourth-order valence-electron chi connectivity index (χ4n) is 1.82. The summed E-state index contributed by atoms with van der Waals surface area (Å²) in [6, 6.07) is 6.29. The average Bonchev–Trinajstić information content (AvgIpc) is 2.85. The minimum Gasteiger partial charge on any atom is -0.495 e. The molecule has 0 atom stereocenters. The summed E-state index contributed by atoms with van der Waals surface area (Å²) in [5.41, 5.74) is 6.22. The second kappa shape index (κ2) is 5.70. The van der Waals surface area contributed by atoms with Crippen molar-refractivity contribution in [1.29, 1.82) is 0 Å². The van der Waals surface area contributed by atoms with Gasteiger partial charge in [-0.3, -0.25) is 9.40 Å². The molecule has 0 bridgehead atoms. The Hall–Kier alpha value is -2.13. The van der Waals surface area contributed by atoms with E-state index < -0.39 is 10.0 Å². The second-order valence-corrected chi connectivity index (χ2v) is 6.21. The molecule has 0 amide bonds. The lowest BCUT2D eigenvalue weighted by Crippen LogP contribution is -2.20. The third-order valence-electron chi connectivity index (χ3n) is 2.80. The van der Waals surface area contributed by atoms with Gasteiger partial charge in [-0.05, 0) is 18.2 Å². The summed E-state index contributed by atoms with van der Waals surface area (Å²) in [5, 5.41) is 3.86. The Morgan fingerprint density at radius 3 is 2.67 bits per heavy atom. The molecule has 2 aromatic rings. The van der Waals surface area contributed by atoms with Gasteiger partial charge in [-0.15, -0.1) is 0 Å². The Kier molecular flexibility index (Phi) is 4.14. The van der Waals surface area contributed by atoms with Crippen molar-refractivity contribution in [1.82, 2.24) is 9.78 Å². The molecule has 0 saturated heterocycles. The number of rotatable bonds is 5. The van der Waals surface area contributed by atoms with E-state index in [1.807, 2.05) is 0 Å². The van der Waals surface area contributed by atoms with E-state index in [2.05, 4.69) is 9.82 Å². The van der Waals surface area contributed by atoms with E-state index >= 15 is 0 Å². The van der Waals surface area contributed by atoms with Gasteiger partial charge in [0.05, 0.1) is 13.3 Å². The molecular weight excluding hydrogens is 312 g/mol. The minimum absolute atomic E-state index is 0.0160. The third kappa shape index (κ3) is 2.98. The van der Waals surface area contributed by atoms with E-state index in [0.717, 1.165) is 0 Å². The van der Waals surface area contributed by atoms with Crippen LogP contribution in [-0.4, -0.2) is 30.3 Å². The summed E-state index contributed by atoms with van der Waals surface area (Å²) < 4.78 is 33.7. The summed E-state index contributed by atoms with van der Waals surface area (Å²) in [4.78, 5) is 0.0663. The molecule has 0 aliphatic carbocycles. The third-order valence-corrected chi connectivity index (χ3v) is 4.44. The number of para-hydroxylation sites is 1. The van der Waals surface area contributed by atoms with Gasteiger partial charge >= 0.3 is 0 Å². The number of aromatic nitrogens is 2. The number of nitrogens with one attached hydrogen (secondary N) is 1. The van der Waals surface area contributed by atoms with E-state index in [4.69, 9.17) is 22.7 Å². The lowest BCUT2D eigenvalue weighted by Gasteiger charge is -2.15. The second-order valence-electron chi connectivity index (χ2n) is 4.15. The van der Waals surface area contributed by atoms with Crippen LogP contribution in [0, 0.1) is 0 Å². The molecule has 21 heavy (non-hydrogen) atoms. The van der Waals surface area contributed by atoms with Crippen LogP contribution < -0.4 is 15.2 Å². The molecule has 1 heterocycles. The minimum atomic E-state index is -3.83. The lowest BCUT2D eigenvalue weighted by molar-refractivity contribution is 0.417. The molecule has 1 aromatic carbocycles. The van der Waals surface area contributed by atoms with Crippen LogP contribution in [0.4, 0.5) is 5.69 Å². The molecule has 7 nitrogen and oxygen atoms in total. The Labute approximate surface area is 127 Å². The van der Waals surface area contributed by atoms with Crippen molar-refractivity contribution in [2.75, 3.05) is 11.8 Å². The topological polar surface area (TPSA) is 99.2 Å². The molecule has 2 rings (SSSR count). The van der Waals surface area contributed by atoms with Crippen molar-refractivity contribution < 1.29 is 13.2 Å². The van der Waals surface area contributed by atoms with Crippen molar-refractivity contribution >= 4 is 32.9 Å². The maximum absolute atomic E-state index is 12.4. The summed E-state index contributed by atoms with van der Waals surface area (Å²) in [6.07, 6.45) is 1.39. The molecule has 0 radical (unpaired) electrons. The van der Waals surface area contributed by atoms with E-state index in [-0.39, 0.29) is 15.7 Å². The Balaban J connectivity index is 2.53. The highest BCUT2D eigenvalue weighted by Crippen LogP contribution is 2.30. The molecule has 112 valence electrons. The van der Waals surface area contributed by atoms with Crippen LogP contribution in [0.25, 0.3) is 0 Å². The Bertz CT molecular complexity index is 784. The van der Waals surface area contributed by atoms with Gasteiger partial charge in [0.25, 0.3) is 10.0 Å². The molecular formula is C12H14N4O3S2. The van der Waals surface area contributed by atoms with Crippen molar-refractivity contribution in [2.45, 2.75) is 5.03 Å². The molecule has 3 N–H and O–H groups in total. The van der Waals surface area contributed by atoms with Crippen LogP contribution in [0.5, 0.6) is 5.75 Å². The molecule has 0 fully saturated rings. The highest BCUT2D eigenvalue weighted by Gasteiger charge is 2.22. The van der Waals surface area contributed by atoms with E-state index in [0.29, 0.717) is 11.3 Å². The van der Waals surface area contributed by atoms with Gasteiger partial charge in [-0.1, -0.05) is 18.3 Å². The largest absolute Gasteiger partial charge is 0.495 e. The number of sulfonamides is 1. The van der Waals surface area contributed by atoms with Gasteiger partial charge in [0.1, 0.15) is 16.4 Å². The zero-order valence-electron chi connectivity index (χ0n) is 11.4. The van der Waals surface area contributed by atoms with Gasteiger partial charge in [-0.2, -0.15) is 13.5 Å². The van der Waals surface area contributed by atoms with Crippen LogP contribution in [0.3, 0.4) is 0 Å². The number of methoxy groups -OCH3 is 1. The van der Waals surface area contributed by atoms with Crippen LogP contribution in [0.15, 0.2) is 35.5 Å². The summed E-state index contributed by atoms with van der Waals surface area (Å²) in [5.74, 6) is 0.325. The molecule has 1 aromatic heterocycles. The number of nitrogens with two attached hydrogens (primary N) is 1. The number of benzene rings is 1. The number of hydrogen-bond acceptors (Lipinski definition) is 5. The van der Waals surface area contributed by atoms with Crippen molar-refractivity contribution in [3.05, 3.63) is 36.0 Å². The van der Waals surface area contributed by atoms with Crippen LogP contribution >= 0.6 is 12.2 Å². The average molecular weight is 326 g/mol. The van der Waals surface area contributed by atoms with Gasteiger partial charge in [0.2, 0.25) is 0 Å². The van der Waals surface area contributed by atoms with E-state index in [1.54, 1.807) is 18.2 Å². The molecule has 0 aliphatic heterocycles. The standard InChI is InChI=1S/C12H14N4O3S2/c1-16-10(6-7-14-16)21(17,18)15-11-8(12(13)20)4-3-5-9(11)19-2/h3-7,15H,1-2H3,(H2,13,20). The predicted molar refractivity (Wildman–Crippen MR) is 82.9 cm³/mol. The van der Waals surface area contributed by atoms with Gasteiger partial charge in [0, 0.05) is 12.6 Å². The lowest BCUT2D eigenvalue weighted by atomic mass is 10.1. The van der Waals surface area contributed by atoms with Crippen molar-refractivity contribution in [3.63, 3.8) is 0 Å². The first-order valence-electron chi connectivity index (χ1n) is 5.84. The van der Waals surface area contributed by atoms with Crippen LogP contribution in [-0.2, 0) is 17.1 Å². The highest BCUT2D eigenvalue weighted by atomic mass is 32.2. The maximum Gasteiger partial charge on any atom is 0.279 e. The molecule has 0 aliphatic rings. The van der Waals surface area contributed by atoms with Gasteiger partial charge in [0.15, 0.2) is 5.03 Å². The highest BCUT2D eigenvalue weighted by molar-refractivity contribution is 7.92. The summed E-state index contributed by atoms with van der Waals surface area (Å²) in [6.45, 7) is 0. The first-order valence-corrected chi connectivity index (χ1v) is 7.73. The van der Waals surface area contributed by atoms with Crippen molar-refractivity contribution in [3.8, 4) is 5.75 Å². The number of thiocarbonyl (C=S) groups is 1. The molecule has 9 heteroatoms. The Morgan fingerprint density at radius 1 is 1.43 bits per heavy atom. The van der Waals surface area contributed by atoms with E-state index in [1.165, 1.54) is 31.1 Å². The SMILES string of the molecule is COc1cccc(C(N)=S)c1NS(=O)(=O)c1ccnn1C. The van der Waals surface area contributed by atoms with E-state index in [9.17, 15) is 8.42 Å². The monoisotopic (exact) mass is 326 g/mol. The number of hydrogen-bond donors (Lipinski definition) is 2. The predicted octanol–water partition coefficient (Wildman–Crippen LogP) is 0.864. The summed E-state index contributed by atoms with van der Waals surface area (Å²) in [7, 11) is -0.870. The number of ether oxygens (including phenoxy) is 1. The zero-order chi connectivity index (χ0) is 15.6. The summed E-state index contributed by atoms with van der Waals surface area (Å²) >= 11 is 4.94. The smallest absolute Gasteiger partial charge is 0.279 e. The Morgan fingerprint density at radius 2 is 2.14 bits per heavy atom.